The van der Waals surface area contributed by atoms with Gasteiger partial charge in [0.25, 0.3) is 0 Å². The number of carbonyl (C=O) groups excluding carboxylic acids is 1. The molecule has 0 aliphatic carbocycles. The van der Waals surface area contributed by atoms with E-state index in [1.807, 2.05) is 20.2 Å². The van der Waals surface area contributed by atoms with E-state index in [2.05, 4.69) is 12.2 Å². The number of nitrogens with two attached hydrogens (primary N) is 1. The minimum absolute atomic E-state index is 0.309. The number of carbonyl (C=O) groups is 1. The molecule has 0 aliphatic rings. The Bertz CT molecular complexity index is 153. The van der Waals surface area contributed by atoms with Crippen molar-refractivity contribution in [1.82, 2.24) is 5.32 Å². The van der Waals surface area contributed by atoms with Crippen LogP contribution < -0.4 is 11.1 Å². The minimum Gasteiger partial charge on any atom is -0.366 e. The van der Waals surface area contributed by atoms with E-state index in [1.54, 1.807) is 6.92 Å². The first-order valence-corrected chi connectivity index (χ1v) is 4.65. The lowest BCUT2D eigenvalue weighted by atomic mass is 10.2. The topological polar surface area (TPSA) is 55.1 Å². The Balaban J connectivity index is 0. The Morgan fingerprint density at radius 1 is 1.46 bits per heavy atom. The number of hydrogen-bond donors (Lipinski definition) is 2. The van der Waals surface area contributed by atoms with Gasteiger partial charge in [-0.05, 0) is 27.4 Å². The standard InChI is InChI=1S/C8H15NO.C2H7N/c1-3-4-5-6-7(2)8(9)10;1-3-2/h6H,3-5H2,1-2H3,(H2,9,10);3H,1-2H3. The third kappa shape index (κ3) is 14.1. The number of primary amides is 1. The third-order valence-corrected chi connectivity index (χ3v) is 1.40. The molecule has 3 heteroatoms. The van der Waals surface area contributed by atoms with Crippen LogP contribution in [0.15, 0.2) is 11.6 Å². The van der Waals surface area contributed by atoms with Gasteiger partial charge in [0.05, 0.1) is 0 Å². The highest BCUT2D eigenvalue weighted by Crippen LogP contribution is 1.99. The molecule has 78 valence electrons. The SMILES string of the molecule is CCCCC=C(C)C(N)=O.CNC. The maximum Gasteiger partial charge on any atom is 0.244 e. The van der Waals surface area contributed by atoms with Gasteiger partial charge in [-0.3, -0.25) is 4.79 Å². The van der Waals surface area contributed by atoms with Crippen molar-refractivity contribution in [3.05, 3.63) is 11.6 Å². The van der Waals surface area contributed by atoms with Crippen molar-refractivity contribution in [2.45, 2.75) is 33.1 Å². The van der Waals surface area contributed by atoms with Crippen molar-refractivity contribution in [3.8, 4) is 0 Å². The molecule has 13 heavy (non-hydrogen) atoms. The molecule has 0 fully saturated rings. The number of allylic oxidation sites excluding steroid dienone is 1. The molecule has 0 radical (unpaired) electrons. The van der Waals surface area contributed by atoms with Crippen LogP contribution in [0.5, 0.6) is 0 Å². The van der Waals surface area contributed by atoms with Crippen LogP contribution in [0.25, 0.3) is 0 Å². The molecule has 0 aromatic carbocycles. The number of unbranched alkanes of at least 4 members (excludes halogenated alkanes) is 2. The second-order valence-corrected chi connectivity index (χ2v) is 2.89. The summed E-state index contributed by atoms with van der Waals surface area (Å²) < 4.78 is 0. The largest absolute Gasteiger partial charge is 0.366 e. The van der Waals surface area contributed by atoms with E-state index < -0.39 is 0 Å². The van der Waals surface area contributed by atoms with Crippen LogP contribution in [-0.2, 0) is 4.79 Å². The lowest BCUT2D eigenvalue weighted by molar-refractivity contribution is -0.114. The monoisotopic (exact) mass is 186 g/mol. The van der Waals surface area contributed by atoms with E-state index in [0.29, 0.717) is 5.57 Å². The minimum atomic E-state index is -0.309. The fourth-order valence-corrected chi connectivity index (χ4v) is 0.623. The zero-order valence-corrected chi connectivity index (χ0v) is 9.18. The van der Waals surface area contributed by atoms with Gasteiger partial charge in [-0.15, -0.1) is 0 Å². The molecular weight excluding hydrogens is 164 g/mol. The molecule has 0 saturated heterocycles. The average molecular weight is 186 g/mol. The van der Waals surface area contributed by atoms with Crippen molar-refractivity contribution < 1.29 is 4.79 Å². The molecule has 0 aromatic rings. The molecule has 0 atom stereocenters. The Labute approximate surface area is 81.4 Å². The predicted molar refractivity (Wildman–Crippen MR) is 57.5 cm³/mol. The number of hydrogen-bond acceptors (Lipinski definition) is 2. The van der Waals surface area contributed by atoms with Gasteiger partial charge in [0.15, 0.2) is 0 Å². The van der Waals surface area contributed by atoms with E-state index in [9.17, 15) is 4.79 Å². The zero-order valence-electron chi connectivity index (χ0n) is 9.18. The molecule has 0 spiro atoms. The molecule has 0 unspecified atom stereocenters. The number of amides is 1. The second-order valence-electron chi connectivity index (χ2n) is 2.89. The smallest absolute Gasteiger partial charge is 0.244 e. The molecule has 0 saturated carbocycles. The van der Waals surface area contributed by atoms with Crippen LogP contribution in [0.4, 0.5) is 0 Å². The normalized spacial score (nSPS) is 10.3. The molecule has 0 heterocycles. The summed E-state index contributed by atoms with van der Waals surface area (Å²) in [5.41, 5.74) is 5.69. The first-order valence-electron chi connectivity index (χ1n) is 4.65. The van der Waals surface area contributed by atoms with E-state index in [4.69, 9.17) is 5.73 Å². The Morgan fingerprint density at radius 3 is 2.23 bits per heavy atom. The summed E-state index contributed by atoms with van der Waals surface area (Å²) in [7, 11) is 3.75. The van der Waals surface area contributed by atoms with Crippen LogP contribution in [-0.4, -0.2) is 20.0 Å². The highest BCUT2D eigenvalue weighted by molar-refractivity contribution is 5.91. The lowest BCUT2D eigenvalue weighted by Gasteiger charge is -1.92. The number of rotatable bonds is 4. The fourth-order valence-electron chi connectivity index (χ4n) is 0.623. The highest BCUT2D eigenvalue weighted by Gasteiger charge is 1.93. The average Bonchev–Trinajstić information content (AvgIpc) is 2.06. The van der Waals surface area contributed by atoms with E-state index in [1.165, 1.54) is 0 Å². The summed E-state index contributed by atoms with van der Waals surface area (Å²) >= 11 is 0. The molecule has 0 rings (SSSR count). The van der Waals surface area contributed by atoms with Crippen molar-refractivity contribution in [2.75, 3.05) is 14.1 Å². The second kappa shape index (κ2) is 11.2. The van der Waals surface area contributed by atoms with Gasteiger partial charge in [-0.25, -0.2) is 0 Å². The van der Waals surface area contributed by atoms with Crippen LogP contribution in [0, 0.1) is 0 Å². The Morgan fingerprint density at radius 2 is 1.92 bits per heavy atom. The third-order valence-electron chi connectivity index (χ3n) is 1.40. The van der Waals surface area contributed by atoms with Crippen molar-refractivity contribution in [1.29, 1.82) is 0 Å². The molecule has 3 nitrogen and oxygen atoms in total. The van der Waals surface area contributed by atoms with Crippen LogP contribution in [0.1, 0.15) is 33.1 Å². The summed E-state index contributed by atoms with van der Waals surface area (Å²) in [6.07, 6.45) is 5.14. The summed E-state index contributed by atoms with van der Waals surface area (Å²) in [6, 6.07) is 0. The van der Waals surface area contributed by atoms with E-state index in [0.717, 1.165) is 19.3 Å². The van der Waals surface area contributed by atoms with Gasteiger partial charge in [0, 0.05) is 5.57 Å². The van der Waals surface area contributed by atoms with Crippen molar-refractivity contribution >= 4 is 5.91 Å². The quantitative estimate of drug-likeness (QED) is 0.515. The summed E-state index contributed by atoms with van der Waals surface area (Å²) in [6.45, 7) is 3.87. The summed E-state index contributed by atoms with van der Waals surface area (Å²) in [5.74, 6) is -0.309. The number of nitrogens with one attached hydrogen (secondary N) is 1. The van der Waals surface area contributed by atoms with Crippen LogP contribution >= 0.6 is 0 Å². The molecule has 0 bridgehead atoms. The van der Waals surface area contributed by atoms with Crippen LogP contribution in [0.2, 0.25) is 0 Å². The molecular formula is C10H22N2O. The van der Waals surface area contributed by atoms with Gasteiger partial charge in [0.2, 0.25) is 5.91 Å². The molecule has 1 amide bonds. The molecule has 0 aliphatic heterocycles. The molecule has 3 N–H and O–H groups in total. The summed E-state index contributed by atoms with van der Waals surface area (Å²) in [4.78, 5) is 10.4. The maximum atomic E-state index is 10.4. The van der Waals surface area contributed by atoms with Gasteiger partial charge in [0.1, 0.15) is 0 Å². The van der Waals surface area contributed by atoms with E-state index >= 15 is 0 Å². The molecule has 0 aromatic heterocycles. The van der Waals surface area contributed by atoms with Crippen LogP contribution in [0.3, 0.4) is 0 Å². The van der Waals surface area contributed by atoms with Crippen molar-refractivity contribution in [3.63, 3.8) is 0 Å². The predicted octanol–water partition coefficient (Wildman–Crippen LogP) is 1.44. The van der Waals surface area contributed by atoms with E-state index in [-0.39, 0.29) is 5.91 Å². The first kappa shape index (κ1) is 14.7. The maximum absolute atomic E-state index is 10.4. The van der Waals surface area contributed by atoms with Gasteiger partial charge < -0.3 is 11.1 Å². The zero-order chi connectivity index (χ0) is 10.7. The van der Waals surface area contributed by atoms with Crippen molar-refractivity contribution in [2.24, 2.45) is 5.73 Å². The highest BCUT2D eigenvalue weighted by atomic mass is 16.1. The van der Waals surface area contributed by atoms with Gasteiger partial charge in [-0.1, -0.05) is 25.8 Å². The Kier molecular flexibility index (Phi) is 12.6. The fraction of sp³-hybridized carbons (Fsp3) is 0.700. The lowest BCUT2D eigenvalue weighted by Crippen LogP contribution is -2.11. The summed E-state index contributed by atoms with van der Waals surface area (Å²) in [5, 5.41) is 2.75. The first-order chi connectivity index (χ1) is 6.09. The van der Waals surface area contributed by atoms with Gasteiger partial charge >= 0.3 is 0 Å². The Hall–Kier alpha value is -0.830. The van der Waals surface area contributed by atoms with Gasteiger partial charge in [-0.2, -0.15) is 0 Å².